The van der Waals surface area contributed by atoms with Gasteiger partial charge in [0.25, 0.3) is 0 Å². The summed E-state index contributed by atoms with van der Waals surface area (Å²) in [7, 11) is 1.63. The summed E-state index contributed by atoms with van der Waals surface area (Å²) >= 11 is 0. The molecule has 1 atom stereocenters. The van der Waals surface area contributed by atoms with Crippen molar-refractivity contribution in [2.24, 2.45) is 5.41 Å². The van der Waals surface area contributed by atoms with E-state index in [0.29, 0.717) is 12.8 Å². The first-order valence-corrected chi connectivity index (χ1v) is 7.52. The van der Waals surface area contributed by atoms with Crippen LogP contribution in [0, 0.1) is 28.1 Å². The molecule has 1 aromatic carbocycles. The summed E-state index contributed by atoms with van der Waals surface area (Å²) in [5.74, 6) is 0.631. The van der Waals surface area contributed by atoms with E-state index in [-0.39, 0.29) is 5.92 Å². The SMILES string of the molecule is COc1ccc(C2C/C=C\CC/C=C/CC2(C#N)C#N)cc1. The van der Waals surface area contributed by atoms with Crippen LogP contribution in [0.25, 0.3) is 0 Å². The summed E-state index contributed by atoms with van der Waals surface area (Å²) in [5.41, 5.74) is -0.0326. The number of hydrogen-bond acceptors (Lipinski definition) is 3. The van der Waals surface area contributed by atoms with Crippen molar-refractivity contribution in [3.63, 3.8) is 0 Å². The molecular weight excluding hydrogens is 272 g/mol. The van der Waals surface area contributed by atoms with Crippen LogP contribution in [-0.4, -0.2) is 7.11 Å². The smallest absolute Gasteiger partial charge is 0.154 e. The van der Waals surface area contributed by atoms with Crippen molar-refractivity contribution in [3.05, 3.63) is 54.1 Å². The molecule has 2 rings (SSSR count). The molecule has 1 aliphatic rings. The maximum atomic E-state index is 9.70. The summed E-state index contributed by atoms with van der Waals surface area (Å²) in [6.45, 7) is 0. The highest BCUT2D eigenvalue weighted by molar-refractivity contribution is 5.36. The molecule has 1 aromatic rings. The van der Waals surface area contributed by atoms with Crippen LogP contribution < -0.4 is 4.74 Å². The molecule has 0 saturated heterocycles. The van der Waals surface area contributed by atoms with E-state index in [9.17, 15) is 10.5 Å². The quantitative estimate of drug-likeness (QED) is 0.754. The number of nitriles is 2. The van der Waals surface area contributed by atoms with E-state index >= 15 is 0 Å². The van der Waals surface area contributed by atoms with E-state index in [0.717, 1.165) is 24.2 Å². The van der Waals surface area contributed by atoms with Gasteiger partial charge >= 0.3 is 0 Å². The second-order valence-electron chi connectivity index (χ2n) is 5.48. The fourth-order valence-corrected chi connectivity index (χ4v) is 2.80. The Morgan fingerprint density at radius 1 is 1.00 bits per heavy atom. The van der Waals surface area contributed by atoms with Gasteiger partial charge in [-0.05, 0) is 43.4 Å². The Hall–Kier alpha value is -2.52. The van der Waals surface area contributed by atoms with Crippen LogP contribution in [0.4, 0.5) is 0 Å². The standard InChI is InChI=1S/C19H20N2O/c1-22-17-11-9-16(10-12-17)18-8-6-4-2-3-5-7-13-19(18,14-20)15-21/h4-7,9-12,18H,2-3,8,13H2,1H3/b6-4-,7-5+. The summed E-state index contributed by atoms with van der Waals surface area (Å²) in [6.07, 6.45) is 11.4. The minimum atomic E-state index is -1.03. The Balaban J connectivity index is 2.43. The van der Waals surface area contributed by atoms with E-state index in [1.807, 2.05) is 30.3 Å². The van der Waals surface area contributed by atoms with Crippen molar-refractivity contribution < 1.29 is 4.74 Å². The summed E-state index contributed by atoms with van der Waals surface area (Å²) in [4.78, 5) is 0. The minimum absolute atomic E-state index is 0.146. The van der Waals surface area contributed by atoms with Gasteiger partial charge in [-0.1, -0.05) is 36.4 Å². The molecule has 1 unspecified atom stereocenters. The first kappa shape index (κ1) is 15.9. The lowest BCUT2D eigenvalue weighted by atomic mass is 9.70. The molecule has 3 heteroatoms. The average molecular weight is 292 g/mol. The topological polar surface area (TPSA) is 56.8 Å². The third-order valence-corrected chi connectivity index (χ3v) is 4.16. The highest BCUT2D eigenvalue weighted by Gasteiger charge is 2.39. The summed E-state index contributed by atoms with van der Waals surface area (Å²) in [5, 5.41) is 19.4. The van der Waals surface area contributed by atoms with Gasteiger partial charge < -0.3 is 4.74 Å². The van der Waals surface area contributed by atoms with Crippen molar-refractivity contribution in [1.29, 1.82) is 10.5 Å². The lowest BCUT2D eigenvalue weighted by Gasteiger charge is -2.28. The number of benzene rings is 1. The molecule has 0 N–H and O–H groups in total. The maximum absolute atomic E-state index is 9.70. The normalized spacial score (nSPS) is 23.5. The Kier molecular flexibility index (Phi) is 5.39. The number of hydrogen-bond donors (Lipinski definition) is 0. The highest BCUT2D eigenvalue weighted by Crippen LogP contribution is 2.42. The Bertz CT molecular complexity index is 615. The molecule has 112 valence electrons. The van der Waals surface area contributed by atoms with Crippen LogP contribution in [-0.2, 0) is 0 Å². The van der Waals surface area contributed by atoms with Crippen molar-refractivity contribution >= 4 is 0 Å². The summed E-state index contributed by atoms with van der Waals surface area (Å²) in [6, 6.07) is 12.2. The average Bonchev–Trinajstić information content (AvgIpc) is 2.59. The van der Waals surface area contributed by atoms with Gasteiger partial charge in [0.05, 0.1) is 19.2 Å². The van der Waals surface area contributed by atoms with Crippen LogP contribution in [0.5, 0.6) is 5.75 Å². The van der Waals surface area contributed by atoms with Crippen molar-refractivity contribution in [3.8, 4) is 17.9 Å². The van der Waals surface area contributed by atoms with Gasteiger partial charge in [0, 0.05) is 5.92 Å². The van der Waals surface area contributed by atoms with Gasteiger partial charge in [-0.15, -0.1) is 0 Å². The van der Waals surface area contributed by atoms with Crippen molar-refractivity contribution in [2.45, 2.75) is 31.6 Å². The van der Waals surface area contributed by atoms with Gasteiger partial charge in [-0.25, -0.2) is 0 Å². The number of allylic oxidation sites excluding steroid dienone is 4. The summed E-state index contributed by atoms with van der Waals surface area (Å²) < 4.78 is 5.19. The third kappa shape index (κ3) is 3.38. The van der Waals surface area contributed by atoms with Gasteiger partial charge in [-0.2, -0.15) is 10.5 Å². The second-order valence-corrected chi connectivity index (χ2v) is 5.48. The van der Waals surface area contributed by atoms with Crippen molar-refractivity contribution in [2.75, 3.05) is 7.11 Å². The first-order chi connectivity index (χ1) is 10.8. The molecule has 3 nitrogen and oxygen atoms in total. The Morgan fingerprint density at radius 2 is 1.64 bits per heavy atom. The molecule has 0 spiro atoms. The Morgan fingerprint density at radius 3 is 2.23 bits per heavy atom. The monoisotopic (exact) mass is 292 g/mol. The van der Waals surface area contributed by atoms with Crippen LogP contribution in [0.3, 0.4) is 0 Å². The lowest BCUT2D eigenvalue weighted by molar-refractivity contribution is 0.406. The maximum Gasteiger partial charge on any atom is 0.154 e. The molecule has 0 amide bonds. The molecule has 0 saturated carbocycles. The number of ether oxygens (including phenoxy) is 1. The zero-order valence-corrected chi connectivity index (χ0v) is 12.8. The molecule has 0 aromatic heterocycles. The molecular formula is C19H20N2O. The third-order valence-electron chi connectivity index (χ3n) is 4.16. The van der Waals surface area contributed by atoms with Gasteiger partial charge in [0.2, 0.25) is 0 Å². The lowest BCUT2D eigenvalue weighted by Crippen LogP contribution is -2.25. The van der Waals surface area contributed by atoms with Crippen LogP contribution >= 0.6 is 0 Å². The van der Waals surface area contributed by atoms with Crippen LogP contribution in [0.2, 0.25) is 0 Å². The predicted molar refractivity (Wildman–Crippen MR) is 86.1 cm³/mol. The van der Waals surface area contributed by atoms with Gasteiger partial charge in [0.1, 0.15) is 5.75 Å². The number of nitrogens with zero attached hydrogens (tertiary/aromatic N) is 2. The zero-order valence-electron chi connectivity index (χ0n) is 12.8. The minimum Gasteiger partial charge on any atom is -0.497 e. The van der Waals surface area contributed by atoms with E-state index in [1.165, 1.54) is 0 Å². The van der Waals surface area contributed by atoms with Crippen molar-refractivity contribution in [1.82, 2.24) is 0 Å². The number of methoxy groups -OCH3 is 1. The van der Waals surface area contributed by atoms with E-state index < -0.39 is 5.41 Å². The fraction of sp³-hybridized carbons (Fsp3) is 0.368. The van der Waals surface area contributed by atoms with Crippen LogP contribution in [0.1, 0.15) is 37.2 Å². The van der Waals surface area contributed by atoms with Gasteiger partial charge in [-0.3, -0.25) is 0 Å². The second kappa shape index (κ2) is 7.48. The molecule has 0 heterocycles. The van der Waals surface area contributed by atoms with E-state index in [2.05, 4.69) is 30.4 Å². The molecule has 22 heavy (non-hydrogen) atoms. The van der Waals surface area contributed by atoms with E-state index in [1.54, 1.807) is 7.11 Å². The highest BCUT2D eigenvalue weighted by atomic mass is 16.5. The van der Waals surface area contributed by atoms with Crippen LogP contribution in [0.15, 0.2) is 48.6 Å². The molecule has 0 bridgehead atoms. The molecule has 0 fully saturated rings. The fourth-order valence-electron chi connectivity index (χ4n) is 2.80. The largest absolute Gasteiger partial charge is 0.497 e. The van der Waals surface area contributed by atoms with E-state index in [4.69, 9.17) is 4.74 Å². The predicted octanol–water partition coefficient (Wildman–Crippen LogP) is 4.50. The molecule has 0 aliphatic heterocycles. The zero-order chi connectivity index (χ0) is 15.8. The van der Waals surface area contributed by atoms with Gasteiger partial charge in [0.15, 0.2) is 5.41 Å². The molecule has 0 radical (unpaired) electrons. The molecule has 1 aliphatic carbocycles. The Labute approximate surface area is 132 Å². The number of rotatable bonds is 2. The first-order valence-electron chi connectivity index (χ1n) is 7.52.